The van der Waals surface area contributed by atoms with Gasteiger partial charge in [0.1, 0.15) is 54.0 Å². The van der Waals surface area contributed by atoms with Crippen LogP contribution in [-0.2, 0) is 37.1 Å². The number of aryl methyl sites for hydroxylation is 1. The van der Waals surface area contributed by atoms with E-state index in [-0.39, 0.29) is 75.0 Å². The molecule has 11 rings (SSSR count). The van der Waals surface area contributed by atoms with Crippen LogP contribution in [-0.4, -0.2) is 203 Å². The quantitative estimate of drug-likeness (QED) is 0.0465. The topological polar surface area (TPSA) is 233 Å². The van der Waals surface area contributed by atoms with Gasteiger partial charge in [0.05, 0.1) is 46.5 Å². The van der Waals surface area contributed by atoms with Gasteiger partial charge in [-0.25, -0.2) is 28.1 Å². The summed E-state index contributed by atoms with van der Waals surface area (Å²) in [5.74, 6) is 0.0560. The van der Waals surface area contributed by atoms with Crippen molar-refractivity contribution >= 4 is 58.2 Å². The minimum Gasteiger partial charge on any atom is -0.491 e. The Morgan fingerprint density at radius 2 is 1.61 bits per heavy atom. The van der Waals surface area contributed by atoms with Crippen molar-refractivity contribution in [2.24, 2.45) is 22.7 Å². The lowest BCUT2D eigenvalue weighted by molar-refractivity contribution is -0.145. The number of piperazine rings is 1. The average molecular weight is 1300 g/mol. The second kappa shape index (κ2) is 27.7. The molecule has 7 heterocycles. The summed E-state index contributed by atoms with van der Waals surface area (Å²) in [6, 6.07) is 8.56. The van der Waals surface area contributed by atoms with E-state index in [1.807, 2.05) is 31.2 Å². The second-order valence-electron chi connectivity index (χ2n) is 29.0. The van der Waals surface area contributed by atoms with Crippen LogP contribution in [0.3, 0.4) is 0 Å². The number of fused-ring (bicyclic) bond motifs is 1. The Labute approximate surface area is 542 Å². The number of anilines is 3. The number of aliphatic hydroxyl groups excluding tert-OH is 1. The highest BCUT2D eigenvalue weighted by molar-refractivity contribution is 7.13. The zero-order valence-electron chi connectivity index (χ0n) is 54.4. The van der Waals surface area contributed by atoms with Crippen molar-refractivity contribution in [2.45, 2.75) is 154 Å². The van der Waals surface area contributed by atoms with Crippen LogP contribution in [0, 0.1) is 41.2 Å². The summed E-state index contributed by atoms with van der Waals surface area (Å²) in [6.45, 7) is 19.8. The number of aliphatic hydroxyl groups is 1. The van der Waals surface area contributed by atoms with Crippen LogP contribution in [0.25, 0.3) is 10.4 Å². The molecule has 7 fully saturated rings. The van der Waals surface area contributed by atoms with Crippen LogP contribution in [0.4, 0.5) is 30.5 Å². The summed E-state index contributed by atoms with van der Waals surface area (Å²) in [6.07, 6.45) is 6.62. The largest absolute Gasteiger partial charge is 0.491 e. The highest BCUT2D eigenvalue weighted by Gasteiger charge is 2.54. The lowest BCUT2D eigenvalue weighted by atomic mass is 9.82. The van der Waals surface area contributed by atoms with Gasteiger partial charge in [0.25, 0.3) is 5.91 Å². The molecule has 92 heavy (non-hydrogen) atoms. The van der Waals surface area contributed by atoms with E-state index in [1.54, 1.807) is 37.5 Å². The number of likely N-dealkylation sites (N-methyl/N-ethyl adjacent to an activating group) is 1. The van der Waals surface area contributed by atoms with Gasteiger partial charge < -0.3 is 60.9 Å². The summed E-state index contributed by atoms with van der Waals surface area (Å²) in [5.41, 5.74) is 1.53. The number of ether oxygens (including phenoxy) is 1. The van der Waals surface area contributed by atoms with E-state index in [9.17, 15) is 33.5 Å². The van der Waals surface area contributed by atoms with Gasteiger partial charge in [-0.3, -0.25) is 28.9 Å². The molecule has 2 aromatic carbocycles. The molecular formula is C67H93F3N14O7S. The molecule has 0 unspecified atom stereocenters. The van der Waals surface area contributed by atoms with Gasteiger partial charge in [0.2, 0.25) is 23.6 Å². The number of aromatic nitrogens is 3. The highest BCUT2D eigenvalue weighted by atomic mass is 32.1. The molecule has 6 N–H and O–H groups in total. The number of hydrogen-bond acceptors (Lipinski definition) is 17. The predicted molar refractivity (Wildman–Crippen MR) is 347 cm³/mol. The number of thiazole rings is 1. The Bertz CT molecular complexity index is 3310. The summed E-state index contributed by atoms with van der Waals surface area (Å²) >= 11 is 1.50. The van der Waals surface area contributed by atoms with Crippen molar-refractivity contribution < 1.29 is 47.0 Å². The van der Waals surface area contributed by atoms with E-state index >= 15 is 8.78 Å². The molecule has 0 radical (unpaired) electrons. The number of amides is 5. The SMILES string of the molecule is Cc1ncsc1-c1ccc(CNC(=O)[C@@H]2C[C@@H](O)CN2C(=O)[C@@H](NC(=O)C2(F)CC2)C(C)(C)C)c(OCCNC(=O)CCN2C[C@H]3C[C@@H](N(C)CCNc4cc(N5CCC6(CC5)CN(c5cc(F)c(CN7CCC(C)(C)CC7)cc5F)CC(=O)N6)ncn4)C[C@H]3C2)c1. The van der Waals surface area contributed by atoms with Crippen molar-refractivity contribution in [1.29, 1.82) is 0 Å². The van der Waals surface area contributed by atoms with Crippen molar-refractivity contribution in [1.82, 2.24) is 55.8 Å². The number of alkyl halides is 1. The Kier molecular flexibility index (Phi) is 20.1. The third-order valence-corrected chi connectivity index (χ3v) is 21.4. The van der Waals surface area contributed by atoms with E-state index in [4.69, 9.17) is 4.74 Å². The van der Waals surface area contributed by atoms with E-state index in [0.717, 1.165) is 86.2 Å². The number of nitrogens with zero attached hydrogens (tertiary/aromatic N) is 9. The standard InChI is InChI=1S/C67H93F3N14O7S/c1-42-59(92-41-76-42)43-8-9-44(33-73-61(88)53-30-49(85)37-84(53)62(89)60(64(2,3)4)77-63(90)67(70)11-12-67)54(29-43)91-25-18-72-57(86)10-19-81-34-45-26-48(27-46(45)35-81)79(7)24-17-71-55-32-56(75-40-74-55)82-22-15-66(16-23-82)39-83(38-58(87)78-66)52-31-50(68)47(28-51(52)69)36-80-20-13-65(5,6)14-21-80/h8-9,28-29,31-32,40-41,45-46,48-49,53,60,85H,10-27,30,33-39H2,1-7H3,(H,72,86)(H,73,88)(H,77,90)(H,78,87)(H,71,74,75)/t45-,46+,48-,49-,53+,60-/m1/s1. The van der Waals surface area contributed by atoms with Gasteiger partial charge in [-0.05, 0) is 119 Å². The first-order valence-electron chi connectivity index (χ1n) is 33.0. The maximum Gasteiger partial charge on any atom is 0.258 e. The van der Waals surface area contributed by atoms with E-state index in [0.29, 0.717) is 93.3 Å². The molecule has 5 saturated heterocycles. The first-order valence-corrected chi connectivity index (χ1v) is 33.9. The minimum atomic E-state index is -1.99. The number of rotatable bonds is 23. The molecule has 7 aliphatic rings. The first kappa shape index (κ1) is 66.8. The summed E-state index contributed by atoms with van der Waals surface area (Å²) in [4.78, 5) is 93.8. The molecule has 500 valence electrons. The maximum absolute atomic E-state index is 15.8. The first-order chi connectivity index (χ1) is 43.8. The Hall–Kier alpha value is -6.67. The molecule has 4 aromatic rings. The zero-order valence-corrected chi connectivity index (χ0v) is 55.2. The van der Waals surface area contributed by atoms with Crippen LogP contribution in [0.1, 0.15) is 116 Å². The van der Waals surface area contributed by atoms with Crippen LogP contribution < -0.4 is 41.1 Å². The Balaban J connectivity index is 0.590. The molecular weight excluding hydrogens is 1200 g/mol. The number of carbonyl (C=O) groups is 5. The summed E-state index contributed by atoms with van der Waals surface area (Å²) in [5, 5.41) is 26.0. The van der Waals surface area contributed by atoms with Gasteiger partial charge in [0, 0.05) is 114 Å². The lowest BCUT2D eigenvalue weighted by Crippen LogP contribution is -2.66. The molecule has 2 aromatic heterocycles. The third kappa shape index (κ3) is 15.9. The Morgan fingerprint density at radius 1 is 0.870 bits per heavy atom. The van der Waals surface area contributed by atoms with E-state index in [2.05, 4.69) is 82.0 Å². The van der Waals surface area contributed by atoms with Crippen LogP contribution in [0.15, 0.2) is 48.2 Å². The average Bonchev–Trinajstić information content (AvgIpc) is 0.843. The van der Waals surface area contributed by atoms with Crippen molar-refractivity contribution in [3.63, 3.8) is 0 Å². The van der Waals surface area contributed by atoms with Crippen molar-refractivity contribution in [2.75, 3.05) is 114 Å². The van der Waals surface area contributed by atoms with Crippen LogP contribution in [0.2, 0.25) is 0 Å². The lowest BCUT2D eigenvalue weighted by Gasteiger charge is -2.48. The zero-order chi connectivity index (χ0) is 65.3. The van der Waals surface area contributed by atoms with E-state index < -0.39 is 64.2 Å². The van der Waals surface area contributed by atoms with Crippen LogP contribution in [0.5, 0.6) is 5.75 Å². The van der Waals surface area contributed by atoms with Gasteiger partial charge >= 0.3 is 0 Å². The molecule has 21 nitrogen and oxygen atoms in total. The third-order valence-electron chi connectivity index (χ3n) is 20.4. The number of β-amino-alcohol motifs (C(OH)–C–C–N with tert-alkyl or cyclic N) is 1. The molecule has 1 spiro atoms. The van der Waals surface area contributed by atoms with Gasteiger partial charge in [-0.1, -0.05) is 46.8 Å². The number of carbonyl (C=O) groups excluding carboxylic acids is 5. The number of piperidine rings is 2. The van der Waals surface area contributed by atoms with Gasteiger partial charge in [-0.2, -0.15) is 0 Å². The number of benzene rings is 2. The fraction of sp³-hybridized carbons (Fsp3) is 0.642. The summed E-state index contributed by atoms with van der Waals surface area (Å²) in [7, 11) is 2.19. The van der Waals surface area contributed by atoms with Gasteiger partial charge in [-0.15, -0.1) is 11.3 Å². The predicted octanol–water partition coefficient (Wildman–Crippen LogP) is 6.03. The number of hydrogen-bond donors (Lipinski definition) is 6. The van der Waals surface area contributed by atoms with Crippen molar-refractivity contribution in [3.8, 4) is 16.2 Å². The molecule has 6 atom stereocenters. The fourth-order valence-electron chi connectivity index (χ4n) is 14.4. The number of halogens is 3. The highest BCUT2D eigenvalue weighted by Crippen LogP contribution is 2.42. The second-order valence-corrected chi connectivity index (χ2v) is 29.8. The van der Waals surface area contributed by atoms with Crippen LogP contribution >= 0.6 is 11.3 Å². The molecule has 25 heteroatoms. The Morgan fingerprint density at radius 3 is 2.30 bits per heavy atom. The summed E-state index contributed by atoms with van der Waals surface area (Å²) < 4.78 is 52.4. The fourth-order valence-corrected chi connectivity index (χ4v) is 15.2. The number of likely N-dealkylation sites (tertiary alicyclic amines) is 3. The normalized spacial score (nSPS) is 23.9. The minimum absolute atomic E-state index is 0.00121. The molecule has 0 bridgehead atoms. The van der Waals surface area contributed by atoms with Crippen molar-refractivity contribution in [3.05, 3.63) is 76.7 Å². The molecule has 2 aliphatic carbocycles. The number of nitrogens with one attached hydrogen (secondary N) is 5. The monoisotopic (exact) mass is 1290 g/mol. The smallest absolute Gasteiger partial charge is 0.258 e. The van der Waals surface area contributed by atoms with Gasteiger partial charge in [0.15, 0.2) is 5.67 Å². The molecule has 5 aliphatic heterocycles. The maximum atomic E-state index is 15.8. The van der Waals surface area contributed by atoms with E-state index in [1.165, 1.54) is 28.4 Å². The molecule has 2 saturated carbocycles. The molecule has 5 amide bonds.